The van der Waals surface area contributed by atoms with Crippen molar-refractivity contribution in [3.05, 3.63) is 23.8 Å². The van der Waals surface area contributed by atoms with Crippen molar-refractivity contribution in [1.29, 1.82) is 0 Å². The maximum Gasteiger partial charge on any atom is 0.312 e. The summed E-state index contributed by atoms with van der Waals surface area (Å²) in [4.78, 5) is 12.0. The van der Waals surface area contributed by atoms with Crippen LogP contribution >= 0.6 is 0 Å². The molecule has 0 radical (unpaired) electrons. The molecule has 0 spiro atoms. The van der Waals surface area contributed by atoms with Crippen molar-refractivity contribution in [3.63, 3.8) is 0 Å². The van der Waals surface area contributed by atoms with Gasteiger partial charge < -0.3 is 19.3 Å². The molecule has 20 heavy (non-hydrogen) atoms. The summed E-state index contributed by atoms with van der Waals surface area (Å²) in [5.74, 6) is 0.226. The second-order valence-electron chi connectivity index (χ2n) is 5.08. The molecule has 0 aliphatic carbocycles. The van der Waals surface area contributed by atoms with Gasteiger partial charge in [0, 0.05) is 0 Å². The molecule has 2 rings (SSSR count). The molecule has 1 heterocycles. The molecule has 0 aromatic heterocycles. The first kappa shape index (κ1) is 14.7. The Morgan fingerprint density at radius 2 is 2.05 bits per heavy atom. The molecule has 5 nitrogen and oxygen atoms in total. The molecule has 1 aliphatic rings. The molecule has 0 amide bonds. The van der Waals surface area contributed by atoms with E-state index in [2.05, 4.69) is 0 Å². The van der Waals surface area contributed by atoms with Gasteiger partial charge in [0.2, 0.25) is 6.79 Å². The third kappa shape index (κ3) is 2.88. The Balaban J connectivity index is 2.23. The zero-order valence-electron chi connectivity index (χ0n) is 12.0. The van der Waals surface area contributed by atoms with Crippen LogP contribution in [0.15, 0.2) is 18.2 Å². The highest BCUT2D eigenvalue weighted by Gasteiger charge is 2.33. The standard InChI is InChI=1S/C15H20O5/c1-4-18-15(17)13(9(2)3)14(16)10-5-6-11-12(7-10)20-8-19-11/h5-7,9,13-14,16H,4,8H2,1-3H3. The Morgan fingerprint density at radius 3 is 2.70 bits per heavy atom. The van der Waals surface area contributed by atoms with Gasteiger partial charge in [-0.15, -0.1) is 0 Å². The summed E-state index contributed by atoms with van der Waals surface area (Å²) in [5.41, 5.74) is 0.626. The Morgan fingerprint density at radius 1 is 1.35 bits per heavy atom. The lowest BCUT2D eigenvalue weighted by Gasteiger charge is -2.24. The summed E-state index contributed by atoms with van der Waals surface area (Å²) < 4.78 is 15.6. The van der Waals surface area contributed by atoms with E-state index in [-0.39, 0.29) is 18.7 Å². The molecular formula is C15H20O5. The molecule has 2 atom stereocenters. The van der Waals surface area contributed by atoms with Crippen LogP contribution in [0.1, 0.15) is 32.4 Å². The first-order chi connectivity index (χ1) is 9.54. The van der Waals surface area contributed by atoms with E-state index in [1.54, 1.807) is 25.1 Å². The maximum absolute atomic E-state index is 12.0. The number of carbonyl (C=O) groups excluding carboxylic acids is 1. The number of aliphatic hydroxyl groups excluding tert-OH is 1. The number of benzene rings is 1. The highest BCUT2D eigenvalue weighted by Crippen LogP contribution is 2.37. The van der Waals surface area contributed by atoms with Crippen LogP contribution in [0, 0.1) is 11.8 Å². The van der Waals surface area contributed by atoms with Crippen LogP contribution in [-0.4, -0.2) is 24.5 Å². The predicted molar refractivity (Wildman–Crippen MR) is 72.5 cm³/mol. The molecule has 0 saturated carbocycles. The molecule has 0 bridgehead atoms. The monoisotopic (exact) mass is 280 g/mol. The number of fused-ring (bicyclic) bond motifs is 1. The van der Waals surface area contributed by atoms with E-state index < -0.39 is 12.0 Å². The second-order valence-corrected chi connectivity index (χ2v) is 5.08. The van der Waals surface area contributed by atoms with Crippen LogP contribution in [0.4, 0.5) is 0 Å². The SMILES string of the molecule is CCOC(=O)C(C(C)C)C(O)c1ccc2c(c1)OCO2. The van der Waals surface area contributed by atoms with Crippen molar-refractivity contribution in [3.8, 4) is 11.5 Å². The van der Waals surface area contributed by atoms with E-state index in [4.69, 9.17) is 14.2 Å². The van der Waals surface area contributed by atoms with Crippen molar-refractivity contribution in [2.24, 2.45) is 11.8 Å². The average Bonchev–Trinajstić information content (AvgIpc) is 2.85. The molecule has 1 aromatic carbocycles. The number of rotatable bonds is 5. The van der Waals surface area contributed by atoms with Gasteiger partial charge in [-0.1, -0.05) is 19.9 Å². The zero-order valence-corrected chi connectivity index (χ0v) is 12.0. The summed E-state index contributed by atoms with van der Waals surface area (Å²) in [6.07, 6.45) is -0.927. The van der Waals surface area contributed by atoms with Crippen LogP contribution in [0.25, 0.3) is 0 Å². The average molecular weight is 280 g/mol. The van der Waals surface area contributed by atoms with E-state index in [9.17, 15) is 9.90 Å². The van der Waals surface area contributed by atoms with Crippen LogP contribution in [0.3, 0.4) is 0 Å². The molecule has 0 saturated heterocycles. The fraction of sp³-hybridized carbons (Fsp3) is 0.533. The van der Waals surface area contributed by atoms with Gasteiger partial charge >= 0.3 is 5.97 Å². The van der Waals surface area contributed by atoms with Crippen LogP contribution < -0.4 is 9.47 Å². The minimum atomic E-state index is -0.927. The summed E-state index contributed by atoms with van der Waals surface area (Å²) in [5, 5.41) is 10.5. The molecule has 1 aliphatic heterocycles. The van der Waals surface area contributed by atoms with Gasteiger partial charge in [0.25, 0.3) is 0 Å². The lowest BCUT2D eigenvalue weighted by molar-refractivity contribution is -0.154. The van der Waals surface area contributed by atoms with E-state index in [1.165, 1.54) is 0 Å². The third-order valence-corrected chi connectivity index (χ3v) is 3.36. The number of hydrogen-bond donors (Lipinski definition) is 1. The first-order valence-corrected chi connectivity index (χ1v) is 6.78. The van der Waals surface area contributed by atoms with Crippen molar-refractivity contribution in [2.75, 3.05) is 13.4 Å². The fourth-order valence-electron chi connectivity index (χ4n) is 2.31. The number of aliphatic hydroxyl groups is 1. The van der Waals surface area contributed by atoms with Crippen molar-refractivity contribution in [1.82, 2.24) is 0 Å². The highest BCUT2D eigenvalue weighted by molar-refractivity contribution is 5.73. The molecule has 1 N–H and O–H groups in total. The minimum Gasteiger partial charge on any atom is -0.466 e. The predicted octanol–water partition coefficient (Wildman–Crippen LogP) is 2.28. The maximum atomic E-state index is 12.0. The van der Waals surface area contributed by atoms with Gasteiger partial charge in [-0.25, -0.2) is 0 Å². The lowest BCUT2D eigenvalue weighted by atomic mass is 9.86. The van der Waals surface area contributed by atoms with Gasteiger partial charge in [-0.3, -0.25) is 4.79 Å². The van der Waals surface area contributed by atoms with E-state index in [0.29, 0.717) is 23.7 Å². The minimum absolute atomic E-state index is 0.0329. The summed E-state index contributed by atoms with van der Waals surface area (Å²) in [6, 6.07) is 5.19. The number of esters is 1. The topological polar surface area (TPSA) is 65.0 Å². The highest BCUT2D eigenvalue weighted by atomic mass is 16.7. The van der Waals surface area contributed by atoms with Gasteiger partial charge in [0.15, 0.2) is 11.5 Å². The van der Waals surface area contributed by atoms with Crippen LogP contribution in [0.2, 0.25) is 0 Å². The largest absolute Gasteiger partial charge is 0.466 e. The smallest absolute Gasteiger partial charge is 0.312 e. The van der Waals surface area contributed by atoms with Crippen molar-refractivity contribution in [2.45, 2.75) is 26.9 Å². The molecule has 0 fully saturated rings. The van der Waals surface area contributed by atoms with Crippen molar-refractivity contribution < 1.29 is 24.1 Å². The van der Waals surface area contributed by atoms with Crippen LogP contribution in [-0.2, 0) is 9.53 Å². The van der Waals surface area contributed by atoms with Gasteiger partial charge in [-0.2, -0.15) is 0 Å². The zero-order chi connectivity index (χ0) is 14.7. The van der Waals surface area contributed by atoms with Crippen LogP contribution in [0.5, 0.6) is 11.5 Å². The Hall–Kier alpha value is -1.75. The Kier molecular flexibility index (Phi) is 4.49. The number of carbonyl (C=O) groups is 1. The normalized spacial score (nSPS) is 16.1. The summed E-state index contributed by atoms with van der Waals surface area (Å²) in [7, 11) is 0. The fourth-order valence-corrected chi connectivity index (χ4v) is 2.31. The Labute approximate surface area is 118 Å². The quantitative estimate of drug-likeness (QED) is 0.838. The molecular weight excluding hydrogens is 260 g/mol. The first-order valence-electron chi connectivity index (χ1n) is 6.78. The number of ether oxygens (including phenoxy) is 3. The van der Waals surface area contributed by atoms with E-state index >= 15 is 0 Å². The number of hydrogen-bond acceptors (Lipinski definition) is 5. The molecule has 5 heteroatoms. The lowest BCUT2D eigenvalue weighted by Crippen LogP contribution is -2.29. The van der Waals surface area contributed by atoms with Gasteiger partial charge in [0.05, 0.1) is 18.6 Å². The van der Waals surface area contributed by atoms with E-state index in [1.807, 2.05) is 13.8 Å². The Bertz CT molecular complexity index is 483. The molecule has 1 aromatic rings. The van der Waals surface area contributed by atoms with Crippen molar-refractivity contribution >= 4 is 5.97 Å². The summed E-state index contributed by atoms with van der Waals surface area (Å²) in [6.45, 7) is 6.01. The van der Waals surface area contributed by atoms with Gasteiger partial charge in [0.1, 0.15) is 0 Å². The third-order valence-electron chi connectivity index (χ3n) is 3.36. The summed E-state index contributed by atoms with van der Waals surface area (Å²) >= 11 is 0. The van der Waals surface area contributed by atoms with E-state index in [0.717, 1.165) is 0 Å². The van der Waals surface area contributed by atoms with Gasteiger partial charge in [-0.05, 0) is 30.5 Å². The molecule has 2 unspecified atom stereocenters. The molecule has 110 valence electrons. The second kappa shape index (κ2) is 6.13.